The van der Waals surface area contributed by atoms with E-state index >= 15 is 0 Å². The lowest BCUT2D eigenvalue weighted by Gasteiger charge is -2.21. The Morgan fingerprint density at radius 2 is 1.89 bits per heavy atom. The Balaban J connectivity index is 2.21. The minimum Gasteiger partial charge on any atom is -0.339 e. The van der Waals surface area contributed by atoms with E-state index in [0.29, 0.717) is 21.2 Å². The van der Waals surface area contributed by atoms with Crippen LogP contribution < -0.4 is 5.56 Å². The summed E-state index contributed by atoms with van der Waals surface area (Å²) in [5.41, 5.74) is 3.75. The van der Waals surface area contributed by atoms with Gasteiger partial charge in [-0.05, 0) is 75.3 Å². The summed E-state index contributed by atoms with van der Waals surface area (Å²) in [5.74, 6) is -0.0927. The van der Waals surface area contributed by atoms with Crippen molar-refractivity contribution in [3.05, 3.63) is 68.2 Å². The number of aryl methyl sites for hydroxylation is 1. The average molecular weight is 382 g/mol. The lowest BCUT2D eigenvalue weighted by molar-refractivity contribution is 0.0755. The first-order valence-electron chi connectivity index (χ1n) is 8.85. The van der Waals surface area contributed by atoms with Crippen LogP contribution in [0.25, 0.3) is 16.6 Å². The van der Waals surface area contributed by atoms with Crippen molar-refractivity contribution in [2.75, 3.05) is 7.05 Å². The summed E-state index contributed by atoms with van der Waals surface area (Å²) >= 11 is 5.47. The number of carbonyl (C=O) groups is 1. The Morgan fingerprint density at radius 3 is 2.56 bits per heavy atom. The van der Waals surface area contributed by atoms with Crippen molar-refractivity contribution in [3.63, 3.8) is 0 Å². The fraction of sp³-hybridized carbons (Fsp3) is 0.286. The molecule has 2 aromatic carbocycles. The number of H-pyrrole nitrogens is 1. The summed E-state index contributed by atoms with van der Waals surface area (Å²) in [5, 5.41) is 0.494. The predicted octanol–water partition coefficient (Wildman–Crippen LogP) is 4.15. The summed E-state index contributed by atoms with van der Waals surface area (Å²) in [6.07, 6.45) is 0. The van der Waals surface area contributed by atoms with Crippen LogP contribution in [-0.2, 0) is 0 Å². The topological polar surface area (TPSA) is 58.1 Å². The van der Waals surface area contributed by atoms with Crippen LogP contribution in [0.1, 0.15) is 35.3 Å². The molecule has 6 heteroatoms. The highest BCUT2D eigenvalue weighted by Crippen LogP contribution is 2.19. The molecule has 27 heavy (non-hydrogen) atoms. The maximum absolute atomic E-state index is 13.1. The largest absolute Gasteiger partial charge is 0.339 e. The zero-order chi connectivity index (χ0) is 19.9. The molecule has 0 aliphatic heterocycles. The summed E-state index contributed by atoms with van der Waals surface area (Å²) in [4.78, 5) is 30.5. The molecule has 1 heterocycles. The van der Waals surface area contributed by atoms with Crippen LogP contribution >= 0.6 is 12.2 Å². The number of hydrogen-bond acceptors (Lipinski definition) is 3. The molecule has 0 spiro atoms. The lowest BCUT2D eigenvalue weighted by Crippen LogP contribution is -2.33. The molecule has 0 fully saturated rings. The Hall–Kier alpha value is -2.73. The van der Waals surface area contributed by atoms with Crippen LogP contribution in [0, 0.1) is 18.6 Å². The first kappa shape index (κ1) is 19.0. The highest BCUT2D eigenvalue weighted by molar-refractivity contribution is 7.71. The summed E-state index contributed by atoms with van der Waals surface area (Å²) < 4.78 is 1.82. The monoisotopic (exact) mass is 381 g/mol. The minimum absolute atomic E-state index is 0.0870. The number of carbonyl (C=O) groups excluding carboxylic acids is 1. The van der Waals surface area contributed by atoms with E-state index in [9.17, 15) is 9.59 Å². The molecule has 140 valence electrons. The van der Waals surface area contributed by atoms with Gasteiger partial charge in [0.25, 0.3) is 11.5 Å². The van der Waals surface area contributed by atoms with E-state index in [1.807, 2.05) is 45.9 Å². The zero-order valence-electron chi connectivity index (χ0n) is 16.2. The number of nitrogens with one attached hydrogen (secondary N) is 1. The molecule has 0 bridgehead atoms. The summed E-state index contributed by atoms with van der Waals surface area (Å²) in [6.45, 7) is 7.88. The average Bonchev–Trinajstić information content (AvgIpc) is 2.63. The second kappa shape index (κ2) is 7.12. The number of aromatic amines is 1. The highest BCUT2D eigenvalue weighted by Gasteiger charge is 2.16. The standard InChI is InChI=1S/C21H23N3O2S/c1-12(2)23(5)19(25)15-9-10-16-17(11-15)22-21(27)24(20(16)26)18-8-6-7-13(3)14(18)4/h6-12H,1-5H3,(H,22,27). The van der Waals surface area contributed by atoms with Crippen LogP contribution in [0.15, 0.2) is 41.2 Å². The quantitative estimate of drug-likeness (QED) is 0.694. The van der Waals surface area contributed by atoms with Crippen molar-refractivity contribution in [1.82, 2.24) is 14.5 Å². The van der Waals surface area contributed by atoms with Gasteiger partial charge in [-0.3, -0.25) is 14.2 Å². The van der Waals surface area contributed by atoms with Crippen molar-refractivity contribution < 1.29 is 4.79 Å². The van der Waals surface area contributed by atoms with Crippen molar-refractivity contribution >= 4 is 29.0 Å². The van der Waals surface area contributed by atoms with E-state index in [2.05, 4.69) is 4.98 Å². The van der Waals surface area contributed by atoms with Crippen molar-refractivity contribution in [3.8, 4) is 5.69 Å². The Kier molecular flexibility index (Phi) is 5.02. The van der Waals surface area contributed by atoms with Crippen LogP contribution in [0.5, 0.6) is 0 Å². The highest BCUT2D eigenvalue weighted by atomic mass is 32.1. The van der Waals surface area contributed by atoms with Gasteiger partial charge in [0.05, 0.1) is 16.6 Å². The number of hydrogen-bond donors (Lipinski definition) is 1. The number of benzene rings is 2. The van der Waals surface area contributed by atoms with Gasteiger partial charge < -0.3 is 9.88 Å². The molecule has 3 aromatic rings. The molecule has 0 saturated carbocycles. The van der Waals surface area contributed by atoms with Gasteiger partial charge in [0.1, 0.15) is 0 Å². The fourth-order valence-electron chi connectivity index (χ4n) is 2.99. The minimum atomic E-state index is -0.196. The first-order chi connectivity index (χ1) is 12.7. The third-order valence-corrected chi connectivity index (χ3v) is 5.34. The molecular weight excluding hydrogens is 358 g/mol. The smallest absolute Gasteiger partial charge is 0.266 e. The van der Waals surface area contributed by atoms with Gasteiger partial charge in [-0.1, -0.05) is 12.1 Å². The summed E-state index contributed by atoms with van der Waals surface area (Å²) in [7, 11) is 1.76. The second-order valence-electron chi connectivity index (χ2n) is 7.06. The van der Waals surface area contributed by atoms with Crippen LogP contribution in [0.2, 0.25) is 0 Å². The Bertz CT molecular complexity index is 1160. The molecule has 0 atom stereocenters. The maximum atomic E-state index is 13.1. The number of aromatic nitrogens is 2. The Labute approximate surface area is 163 Å². The third-order valence-electron chi connectivity index (χ3n) is 5.06. The van der Waals surface area contributed by atoms with Gasteiger partial charge in [0.15, 0.2) is 4.77 Å². The van der Waals surface area contributed by atoms with Crippen molar-refractivity contribution in [1.29, 1.82) is 0 Å². The molecule has 3 rings (SSSR count). The third kappa shape index (κ3) is 3.32. The number of rotatable bonds is 3. The fourth-order valence-corrected chi connectivity index (χ4v) is 3.28. The van der Waals surface area contributed by atoms with Gasteiger partial charge in [-0.2, -0.15) is 0 Å². The lowest BCUT2D eigenvalue weighted by atomic mass is 10.1. The van der Waals surface area contributed by atoms with Crippen molar-refractivity contribution in [2.45, 2.75) is 33.7 Å². The number of fused-ring (bicyclic) bond motifs is 1. The zero-order valence-corrected chi connectivity index (χ0v) is 17.0. The van der Waals surface area contributed by atoms with E-state index in [1.165, 1.54) is 4.57 Å². The van der Waals surface area contributed by atoms with Gasteiger partial charge in [0, 0.05) is 18.7 Å². The van der Waals surface area contributed by atoms with E-state index in [-0.39, 0.29) is 17.5 Å². The van der Waals surface area contributed by atoms with E-state index in [4.69, 9.17) is 12.2 Å². The molecule has 1 amide bonds. The molecule has 1 N–H and O–H groups in total. The van der Waals surface area contributed by atoms with Crippen LogP contribution in [-0.4, -0.2) is 33.4 Å². The molecule has 0 saturated heterocycles. The normalized spacial score (nSPS) is 11.2. The molecule has 0 radical (unpaired) electrons. The molecule has 0 aliphatic rings. The molecule has 5 nitrogen and oxygen atoms in total. The van der Waals surface area contributed by atoms with Crippen molar-refractivity contribution in [2.24, 2.45) is 0 Å². The van der Waals surface area contributed by atoms with Gasteiger partial charge in [0.2, 0.25) is 0 Å². The van der Waals surface area contributed by atoms with Crippen LogP contribution in [0.3, 0.4) is 0 Å². The van der Waals surface area contributed by atoms with E-state index in [1.54, 1.807) is 30.1 Å². The molecule has 1 aromatic heterocycles. The molecule has 0 aliphatic carbocycles. The molecule has 0 unspecified atom stereocenters. The van der Waals surface area contributed by atoms with Crippen LogP contribution in [0.4, 0.5) is 0 Å². The predicted molar refractivity (Wildman–Crippen MR) is 111 cm³/mol. The van der Waals surface area contributed by atoms with E-state index in [0.717, 1.165) is 16.8 Å². The SMILES string of the molecule is Cc1cccc(-n2c(=S)[nH]c3cc(C(=O)N(C)C(C)C)ccc3c2=O)c1C. The second-order valence-corrected chi connectivity index (χ2v) is 7.45. The van der Waals surface area contributed by atoms with Gasteiger partial charge >= 0.3 is 0 Å². The van der Waals surface area contributed by atoms with Gasteiger partial charge in [-0.15, -0.1) is 0 Å². The van der Waals surface area contributed by atoms with E-state index < -0.39 is 0 Å². The number of nitrogens with zero attached hydrogens (tertiary/aromatic N) is 2. The number of amides is 1. The maximum Gasteiger partial charge on any atom is 0.266 e. The first-order valence-corrected chi connectivity index (χ1v) is 9.26. The Morgan fingerprint density at radius 1 is 1.19 bits per heavy atom. The molecular formula is C21H23N3O2S. The summed E-state index contributed by atoms with van der Waals surface area (Å²) in [6, 6.07) is 11.0. The van der Waals surface area contributed by atoms with Gasteiger partial charge in [-0.25, -0.2) is 0 Å².